The molecule has 5 nitrogen and oxygen atoms in total. The first-order valence-corrected chi connectivity index (χ1v) is 19.1. The summed E-state index contributed by atoms with van der Waals surface area (Å²) >= 11 is 0. The zero-order valence-electron chi connectivity index (χ0n) is 35.8. The van der Waals surface area contributed by atoms with Crippen LogP contribution in [-0.2, 0) is 0 Å². The highest BCUT2D eigenvalue weighted by atomic mass is 16.3. The lowest BCUT2D eigenvalue weighted by atomic mass is 10.00. The van der Waals surface area contributed by atoms with E-state index in [9.17, 15) is 0 Å². The Labute approximate surface area is 340 Å². The fraction of sp³-hybridized carbons (Fsp3) is 0. The molecule has 12 aromatic rings. The second-order valence-corrected chi connectivity index (χ2v) is 14.4. The van der Waals surface area contributed by atoms with Crippen molar-refractivity contribution < 1.29 is 11.3 Å². The van der Waals surface area contributed by atoms with Gasteiger partial charge in [-0.3, -0.25) is 0 Å². The highest BCUT2D eigenvalue weighted by molar-refractivity contribution is 6.15. The van der Waals surface area contributed by atoms with Gasteiger partial charge < -0.3 is 8.98 Å². The van der Waals surface area contributed by atoms with Gasteiger partial charge in [0.1, 0.15) is 11.2 Å². The molecule has 0 bridgehead atoms. The first-order chi connectivity index (χ1) is 30.8. The van der Waals surface area contributed by atoms with Crippen LogP contribution in [0, 0.1) is 0 Å². The molecule has 0 atom stereocenters. The first-order valence-electron chi connectivity index (χ1n) is 21.6. The molecular formula is C53H32N4O. The summed E-state index contributed by atoms with van der Waals surface area (Å²) in [6.07, 6.45) is 0. The smallest absolute Gasteiger partial charge is 0.167 e. The number of nitrogens with zero attached hydrogens (tertiary/aromatic N) is 4. The maximum atomic E-state index is 9.00. The van der Waals surface area contributed by atoms with Crippen molar-refractivity contribution in [2.75, 3.05) is 0 Å². The molecule has 0 aliphatic carbocycles. The van der Waals surface area contributed by atoms with E-state index in [-0.39, 0.29) is 23.0 Å². The normalized spacial score (nSPS) is 13.0. The van der Waals surface area contributed by atoms with Crippen molar-refractivity contribution in [3.05, 3.63) is 194 Å². The van der Waals surface area contributed by atoms with Gasteiger partial charge in [-0.15, -0.1) is 0 Å². The Morgan fingerprint density at radius 2 is 1.02 bits per heavy atom. The number of fused-ring (bicyclic) bond motifs is 9. The maximum absolute atomic E-state index is 9.00. The summed E-state index contributed by atoms with van der Waals surface area (Å²) in [5.74, 6) is 0.434. The van der Waals surface area contributed by atoms with E-state index >= 15 is 0 Å². The van der Waals surface area contributed by atoms with Gasteiger partial charge in [-0.25, -0.2) is 15.0 Å². The summed E-state index contributed by atoms with van der Waals surface area (Å²) in [4.78, 5) is 15.1. The second-order valence-electron chi connectivity index (χ2n) is 14.4. The minimum atomic E-state index is -0.498. The van der Waals surface area contributed by atoms with Crippen LogP contribution in [0.4, 0.5) is 0 Å². The van der Waals surface area contributed by atoms with Crippen molar-refractivity contribution >= 4 is 65.3 Å². The summed E-state index contributed by atoms with van der Waals surface area (Å²) in [7, 11) is 0. The molecule has 0 fully saturated rings. The minimum absolute atomic E-state index is 0.0536. The molecule has 0 saturated carbocycles. The molecule has 58 heavy (non-hydrogen) atoms. The SMILES string of the molecule is [2H]c1c([2H])c([2H])c(-c2nc(-c3ccc4c(ccc5ccccc54)c3)nc(-c3cc(-n4c5ccccc5c5ccccc54)cc4c3oc3c(-c5ccccc5)cccc34)n2)c([2H])c1[2H]. The maximum Gasteiger partial charge on any atom is 0.167 e. The lowest BCUT2D eigenvalue weighted by Gasteiger charge is -2.13. The molecule has 0 N–H and O–H groups in total. The van der Waals surface area contributed by atoms with E-state index in [0.29, 0.717) is 22.3 Å². The molecule has 0 radical (unpaired) electrons. The van der Waals surface area contributed by atoms with Crippen LogP contribution in [0.25, 0.3) is 116 Å². The fourth-order valence-electron chi connectivity index (χ4n) is 8.48. The summed E-state index contributed by atoms with van der Waals surface area (Å²) in [6, 6.07) is 53.2. The fourth-order valence-corrected chi connectivity index (χ4v) is 8.48. The average Bonchev–Trinajstić information content (AvgIpc) is 3.88. The molecule has 0 aliphatic rings. The second kappa shape index (κ2) is 12.8. The summed E-state index contributed by atoms with van der Waals surface area (Å²) in [6.45, 7) is 0. The van der Waals surface area contributed by atoms with Gasteiger partial charge in [0.2, 0.25) is 0 Å². The molecule has 5 heteroatoms. The van der Waals surface area contributed by atoms with E-state index < -0.39 is 30.2 Å². The third kappa shape index (κ3) is 5.07. The molecule has 12 rings (SSSR count). The molecule has 3 aromatic heterocycles. The van der Waals surface area contributed by atoms with Crippen LogP contribution < -0.4 is 0 Å². The number of aromatic nitrogens is 4. The summed E-state index contributed by atoms with van der Waals surface area (Å²) in [5.41, 5.74) is 7.12. The molecule has 3 heterocycles. The molecule has 9 aromatic carbocycles. The lowest BCUT2D eigenvalue weighted by molar-refractivity contribution is 0.670. The van der Waals surface area contributed by atoms with E-state index in [4.69, 9.17) is 26.2 Å². The van der Waals surface area contributed by atoms with E-state index in [2.05, 4.69) is 77.4 Å². The zero-order valence-corrected chi connectivity index (χ0v) is 30.8. The Bertz CT molecular complexity index is 3800. The van der Waals surface area contributed by atoms with E-state index in [1.165, 1.54) is 0 Å². The van der Waals surface area contributed by atoms with E-state index in [1.807, 2.05) is 91.0 Å². The molecule has 0 saturated heterocycles. The molecule has 0 unspecified atom stereocenters. The van der Waals surface area contributed by atoms with Gasteiger partial charge in [0, 0.05) is 43.9 Å². The summed E-state index contributed by atoms with van der Waals surface area (Å²) in [5, 5.41) is 8.21. The zero-order chi connectivity index (χ0) is 42.5. The molecule has 0 aliphatic heterocycles. The van der Waals surface area contributed by atoms with Crippen LogP contribution in [0.2, 0.25) is 0 Å². The van der Waals surface area contributed by atoms with Crippen molar-refractivity contribution in [1.82, 2.24) is 19.5 Å². The number of hydrogen-bond donors (Lipinski definition) is 0. The Kier molecular flexibility index (Phi) is 6.12. The van der Waals surface area contributed by atoms with Crippen molar-refractivity contribution in [2.45, 2.75) is 0 Å². The van der Waals surface area contributed by atoms with Crippen LogP contribution in [0.1, 0.15) is 6.85 Å². The van der Waals surface area contributed by atoms with Crippen molar-refractivity contribution in [3.63, 3.8) is 0 Å². The quantitative estimate of drug-likeness (QED) is 0.165. The minimum Gasteiger partial charge on any atom is -0.455 e. The number of para-hydroxylation sites is 3. The monoisotopic (exact) mass is 745 g/mol. The predicted molar refractivity (Wildman–Crippen MR) is 238 cm³/mol. The highest BCUT2D eigenvalue weighted by Gasteiger charge is 2.23. The molecular weight excluding hydrogens is 709 g/mol. The van der Waals surface area contributed by atoms with Gasteiger partial charge >= 0.3 is 0 Å². The Morgan fingerprint density at radius 1 is 0.397 bits per heavy atom. The van der Waals surface area contributed by atoms with Gasteiger partial charge in [0.25, 0.3) is 0 Å². The van der Waals surface area contributed by atoms with Crippen LogP contribution >= 0.6 is 0 Å². The van der Waals surface area contributed by atoms with Gasteiger partial charge in [-0.1, -0.05) is 164 Å². The number of rotatable bonds is 5. The third-order valence-electron chi connectivity index (χ3n) is 11.1. The lowest BCUT2D eigenvalue weighted by Crippen LogP contribution is -2.01. The van der Waals surface area contributed by atoms with Gasteiger partial charge in [0.05, 0.1) is 23.5 Å². The Morgan fingerprint density at radius 3 is 1.81 bits per heavy atom. The van der Waals surface area contributed by atoms with Crippen molar-refractivity contribution in [2.24, 2.45) is 0 Å². The Hall–Kier alpha value is -7.89. The van der Waals surface area contributed by atoms with Crippen LogP contribution in [0.3, 0.4) is 0 Å². The Balaban J connectivity index is 1.20. The topological polar surface area (TPSA) is 56.7 Å². The van der Waals surface area contributed by atoms with Crippen LogP contribution in [0.5, 0.6) is 0 Å². The van der Waals surface area contributed by atoms with E-state index in [0.717, 1.165) is 70.9 Å². The standard InChI is InChI=1S/C53H32N4O/c1-3-14-33(15-4-1)41-22-13-23-44-45-31-38(57-47-24-11-9-20-42(47)43-21-10-12-25-48(43)57)32-46(50(45)58-49(41)44)53-55-51(35-17-5-2-6-18-35)54-52(56-53)37-28-29-40-36(30-37)27-26-34-16-7-8-19-39(34)40/h1-32H/i2D,5D,6D,17D,18D. The van der Waals surface area contributed by atoms with Crippen LogP contribution in [-0.4, -0.2) is 19.5 Å². The van der Waals surface area contributed by atoms with Gasteiger partial charge in [-0.05, 0) is 57.4 Å². The first kappa shape index (κ1) is 27.7. The van der Waals surface area contributed by atoms with Gasteiger partial charge in [0.15, 0.2) is 17.5 Å². The highest BCUT2D eigenvalue weighted by Crippen LogP contribution is 2.43. The average molecular weight is 746 g/mol. The number of furan rings is 1. The predicted octanol–water partition coefficient (Wildman–Crippen LogP) is 13.8. The largest absolute Gasteiger partial charge is 0.455 e. The molecule has 270 valence electrons. The van der Waals surface area contributed by atoms with Crippen molar-refractivity contribution in [1.29, 1.82) is 0 Å². The third-order valence-corrected chi connectivity index (χ3v) is 11.1. The number of hydrogen-bond acceptors (Lipinski definition) is 4. The van der Waals surface area contributed by atoms with E-state index in [1.54, 1.807) is 0 Å². The summed E-state index contributed by atoms with van der Waals surface area (Å²) < 4.78 is 52.8. The van der Waals surface area contributed by atoms with Crippen molar-refractivity contribution in [3.8, 4) is 51.0 Å². The van der Waals surface area contributed by atoms with Crippen LogP contribution in [0.15, 0.2) is 198 Å². The van der Waals surface area contributed by atoms with Gasteiger partial charge in [-0.2, -0.15) is 0 Å². The molecule has 0 amide bonds. The molecule has 0 spiro atoms. The number of benzene rings is 9.